The number of aryl methyl sites for hydroxylation is 1. The summed E-state index contributed by atoms with van der Waals surface area (Å²) in [7, 11) is 0. The second kappa shape index (κ2) is 5.14. The Kier molecular flexibility index (Phi) is 4.12. The van der Waals surface area contributed by atoms with E-state index < -0.39 is 11.1 Å². The summed E-state index contributed by atoms with van der Waals surface area (Å²) in [5, 5.41) is -0.139. The van der Waals surface area contributed by atoms with E-state index in [1.807, 2.05) is 30.3 Å². The summed E-state index contributed by atoms with van der Waals surface area (Å²) in [4.78, 5) is 0. The highest BCUT2D eigenvalue weighted by atomic mass is 32.2. The zero-order chi connectivity index (χ0) is 9.68. The van der Waals surface area contributed by atoms with Gasteiger partial charge in [-0.05, 0) is 25.3 Å². The Balaban J connectivity index is 2.39. The van der Waals surface area contributed by atoms with E-state index in [1.165, 1.54) is 5.56 Å². The van der Waals surface area contributed by atoms with Crippen LogP contribution in [-0.2, 0) is 17.5 Å². The molecule has 0 aromatic heterocycles. The van der Waals surface area contributed by atoms with Gasteiger partial charge < -0.3 is 4.55 Å². The Morgan fingerprint density at radius 3 is 2.54 bits per heavy atom. The van der Waals surface area contributed by atoms with Gasteiger partial charge in [0.25, 0.3) is 0 Å². The monoisotopic (exact) mass is 198 g/mol. The van der Waals surface area contributed by atoms with E-state index in [-0.39, 0.29) is 5.25 Å². The molecular formula is C10H14O2S. The summed E-state index contributed by atoms with van der Waals surface area (Å²) in [6, 6.07) is 10.0. The zero-order valence-electron chi connectivity index (χ0n) is 7.64. The molecule has 0 bridgehead atoms. The van der Waals surface area contributed by atoms with Crippen molar-refractivity contribution in [3.05, 3.63) is 35.9 Å². The van der Waals surface area contributed by atoms with Crippen molar-refractivity contribution in [2.45, 2.75) is 25.0 Å². The molecule has 0 aliphatic carbocycles. The lowest BCUT2D eigenvalue weighted by Crippen LogP contribution is -2.10. The van der Waals surface area contributed by atoms with Gasteiger partial charge >= 0.3 is 0 Å². The average molecular weight is 198 g/mol. The molecule has 0 aliphatic heterocycles. The normalized spacial score (nSPS) is 15.2. The Hall–Kier alpha value is -0.670. The summed E-state index contributed by atoms with van der Waals surface area (Å²) >= 11 is -1.68. The highest BCUT2D eigenvalue weighted by molar-refractivity contribution is 7.79. The molecule has 0 saturated carbocycles. The van der Waals surface area contributed by atoms with Gasteiger partial charge in [0.1, 0.15) is 0 Å². The molecule has 72 valence electrons. The highest BCUT2D eigenvalue weighted by Gasteiger charge is 2.07. The fourth-order valence-corrected chi connectivity index (χ4v) is 1.43. The van der Waals surface area contributed by atoms with E-state index in [4.69, 9.17) is 4.55 Å². The van der Waals surface area contributed by atoms with Gasteiger partial charge in [-0.15, -0.1) is 0 Å². The lowest BCUT2D eigenvalue weighted by atomic mass is 10.1. The standard InChI is InChI=1S/C10H14O2S/c1-9(13(11)12)7-8-10-5-3-2-4-6-10/h2-6,9H,7-8H2,1H3,(H,11,12)/t9-/m1/s1. The van der Waals surface area contributed by atoms with E-state index in [2.05, 4.69) is 0 Å². The van der Waals surface area contributed by atoms with Crippen LogP contribution in [0.15, 0.2) is 30.3 Å². The van der Waals surface area contributed by atoms with E-state index >= 15 is 0 Å². The first-order chi connectivity index (χ1) is 6.20. The maximum absolute atomic E-state index is 10.6. The molecule has 2 atom stereocenters. The van der Waals surface area contributed by atoms with Crippen LogP contribution < -0.4 is 0 Å². The van der Waals surface area contributed by atoms with Crippen molar-refractivity contribution in [1.82, 2.24) is 0 Å². The van der Waals surface area contributed by atoms with Gasteiger partial charge in [-0.3, -0.25) is 0 Å². The van der Waals surface area contributed by atoms with Crippen LogP contribution in [0.1, 0.15) is 18.9 Å². The number of hydrogen-bond donors (Lipinski definition) is 1. The quantitative estimate of drug-likeness (QED) is 0.753. The zero-order valence-corrected chi connectivity index (χ0v) is 8.46. The molecule has 13 heavy (non-hydrogen) atoms. The molecule has 0 amide bonds. The molecule has 1 rings (SSSR count). The second-order valence-electron chi connectivity index (χ2n) is 3.11. The van der Waals surface area contributed by atoms with Gasteiger partial charge in [-0.2, -0.15) is 0 Å². The van der Waals surface area contributed by atoms with Gasteiger partial charge in [-0.25, -0.2) is 4.21 Å². The van der Waals surface area contributed by atoms with Crippen LogP contribution in [0.3, 0.4) is 0 Å². The molecule has 0 fully saturated rings. The minimum absolute atomic E-state index is 0.139. The molecule has 1 aromatic rings. The maximum Gasteiger partial charge on any atom is 0.155 e. The van der Waals surface area contributed by atoms with Gasteiger partial charge in [0.05, 0.1) is 5.25 Å². The average Bonchev–Trinajstić information content (AvgIpc) is 2.15. The van der Waals surface area contributed by atoms with Crippen molar-refractivity contribution in [2.24, 2.45) is 0 Å². The molecule has 3 heteroatoms. The molecule has 0 spiro atoms. The van der Waals surface area contributed by atoms with Gasteiger partial charge in [0.2, 0.25) is 0 Å². The molecule has 1 N–H and O–H groups in total. The van der Waals surface area contributed by atoms with Crippen molar-refractivity contribution in [3.8, 4) is 0 Å². The molecule has 0 aliphatic rings. The van der Waals surface area contributed by atoms with Crippen LogP contribution in [0, 0.1) is 0 Å². The van der Waals surface area contributed by atoms with Gasteiger partial charge in [0, 0.05) is 0 Å². The predicted molar refractivity (Wildman–Crippen MR) is 55.0 cm³/mol. The van der Waals surface area contributed by atoms with Crippen molar-refractivity contribution < 1.29 is 8.76 Å². The predicted octanol–water partition coefficient (Wildman–Crippen LogP) is 2.23. The molecule has 1 unspecified atom stereocenters. The lowest BCUT2D eigenvalue weighted by molar-refractivity contribution is 0.545. The van der Waals surface area contributed by atoms with Crippen molar-refractivity contribution in [3.63, 3.8) is 0 Å². The minimum Gasteiger partial charge on any atom is -0.306 e. The van der Waals surface area contributed by atoms with E-state index in [9.17, 15) is 4.21 Å². The first kappa shape index (κ1) is 10.4. The van der Waals surface area contributed by atoms with Gasteiger partial charge in [-0.1, -0.05) is 30.3 Å². The first-order valence-electron chi connectivity index (χ1n) is 4.33. The Labute approximate surface area is 81.3 Å². The molecular weight excluding hydrogens is 184 g/mol. The molecule has 0 heterocycles. The SMILES string of the molecule is C[C@H](CCc1ccccc1)S(=O)O. The molecule has 0 radical (unpaired) electrons. The van der Waals surface area contributed by atoms with Crippen LogP contribution in [-0.4, -0.2) is 14.0 Å². The fraction of sp³-hybridized carbons (Fsp3) is 0.400. The van der Waals surface area contributed by atoms with Crippen LogP contribution in [0.5, 0.6) is 0 Å². The van der Waals surface area contributed by atoms with Crippen LogP contribution >= 0.6 is 0 Å². The largest absolute Gasteiger partial charge is 0.306 e. The Bertz CT molecular complexity index is 272. The van der Waals surface area contributed by atoms with Crippen molar-refractivity contribution >= 4 is 11.1 Å². The summed E-state index contributed by atoms with van der Waals surface area (Å²) < 4.78 is 19.4. The third kappa shape index (κ3) is 3.70. The number of benzene rings is 1. The van der Waals surface area contributed by atoms with Gasteiger partial charge in [0.15, 0.2) is 11.1 Å². The van der Waals surface area contributed by atoms with Crippen LogP contribution in [0.2, 0.25) is 0 Å². The van der Waals surface area contributed by atoms with Crippen LogP contribution in [0.4, 0.5) is 0 Å². The maximum atomic E-state index is 10.6. The summed E-state index contributed by atoms with van der Waals surface area (Å²) in [5.74, 6) is 0. The van der Waals surface area contributed by atoms with Crippen molar-refractivity contribution in [1.29, 1.82) is 0 Å². The minimum atomic E-state index is -1.68. The third-order valence-corrected chi connectivity index (χ3v) is 2.95. The summed E-state index contributed by atoms with van der Waals surface area (Å²) in [6.07, 6.45) is 1.63. The fourth-order valence-electron chi connectivity index (χ4n) is 1.12. The third-order valence-electron chi connectivity index (χ3n) is 2.03. The number of hydrogen-bond acceptors (Lipinski definition) is 1. The Morgan fingerprint density at radius 2 is 2.00 bits per heavy atom. The molecule has 0 saturated heterocycles. The molecule has 1 aromatic carbocycles. The molecule has 2 nitrogen and oxygen atoms in total. The van der Waals surface area contributed by atoms with E-state index in [0.717, 1.165) is 12.8 Å². The first-order valence-corrected chi connectivity index (χ1v) is 5.50. The lowest BCUT2D eigenvalue weighted by Gasteiger charge is -2.05. The topological polar surface area (TPSA) is 37.3 Å². The Morgan fingerprint density at radius 1 is 1.38 bits per heavy atom. The second-order valence-corrected chi connectivity index (χ2v) is 4.47. The number of rotatable bonds is 4. The summed E-state index contributed by atoms with van der Waals surface area (Å²) in [5.41, 5.74) is 1.22. The van der Waals surface area contributed by atoms with E-state index in [0.29, 0.717) is 0 Å². The summed E-state index contributed by atoms with van der Waals surface area (Å²) in [6.45, 7) is 1.79. The van der Waals surface area contributed by atoms with Crippen LogP contribution in [0.25, 0.3) is 0 Å². The smallest absolute Gasteiger partial charge is 0.155 e. The van der Waals surface area contributed by atoms with Crippen molar-refractivity contribution in [2.75, 3.05) is 0 Å². The van der Waals surface area contributed by atoms with E-state index in [1.54, 1.807) is 6.92 Å². The highest BCUT2D eigenvalue weighted by Crippen LogP contribution is 2.07.